The Morgan fingerprint density at radius 3 is 2.65 bits per heavy atom. The SMILES string of the molecule is CCc1cccc2c(/C=C3\SC(=S)N(CCC4CCCC4)C3=O)cn(Cc3ccc(Cl)cc3)c12. The van der Waals surface area contributed by atoms with Gasteiger partial charge in [0.05, 0.1) is 10.4 Å². The van der Waals surface area contributed by atoms with Gasteiger partial charge in [-0.2, -0.15) is 0 Å². The van der Waals surface area contributed by atoms with E-state index in [1.807, 2.05) is 23.1 Å². The second-order valence-electron chi connectivity index (χ2n) is 9.28. The molecule has 2 heterocycles. The van der Waals surface area contributed by atoms with Gasteiger partial charge in [-0.1, -0.05) is 98.5 Å². The van der Waals surface area contributed by atoms with E-state index >= 15 is 0 Å². The van der Waals surface area contributed by atoms with E-state index < -0.39 is 0 Å². The van der Waals surface area contributed by atoms with Crippen LogP contribution in [0.25, 0.3) is 17.0 Å². The molecule has 1 aromatic heterocycles. The van der Waals surface area contributed by atoms with Crippen LogP contribution in [0, 0.1) is 5.92 Å². The van der Waals surface area contributed by atoms with Crippen LogP contribution in [-0.4, -0.2) is 26.2 Å². The van der Waals surface area contributed by atoms with Crippen LogP contribution in [0.15, 0.2) is 53.6 Å². The highest BCUT2D eigenvalue weighted by atomic mass is 35.5. The maximum atomic E-state index is 13.2. The van der Waals surface area contributed by atoms with Gasteiger partial charge in [-0.15, -0.1) is 0 Å². The zero-order chi connectivity index (χ0) is 23.7. The fraction of sp³-hybridized carbons (Fsp3) is 0.357. The van der Waals surface area contributed by atoms with Gasteiger partial charge in [0.25, 0.3) is 5.91 Å². The number of hydrogen-bond donors (Lipinski definition) is 0. The highest BCUT2D eigenvalue weighted by molar-refractivity contribution is 8.26. The maximum Gasteiger partial charge on any atom is 0.266 e. The number of carbonyl (C=O) groups excluding carboxylic acids is 1. The van der Waals surface area contributed by atoms with Gasteiger partial charge in [-0.25, -0.2) is 0 Å². The summed E-state index contributed by atoms with van der Waals surface area (Å²) in [7, 11) is 0. The number of halogens is 1. The van der Waals surface area contributed by atoms with Crippen molar-refractivity contribution in [1.82, 2.24) is 9.47 Å². The van der Waals surface area contributed by atoms with Crippen LogP contribution in [0.3, 0.4) is 0 Å². The Balaban J connectivity index is 1.45. The molecule has 0 unspecified atom stereocenters. The number of nitrogens with zero attached hydrogens (tertiary/aromatic N) is 2. The number of carbonyl (C=O) groups is 1. The third kappa shape index (κ3) is 4.84. The van der Waals surface area contributed by atoms with Gasteiger partial charge in [-0.3, -0.25) is 9.69 Å². The van der Waals surface area contributed by atoms with Gasteiger partial charge in [0.15, 0.2) is 0 Å². The number of aryl methyl sites for hydroxylation is 1. The first-order chi connectivity index (χ1) is 16.5. The average Bonchev–Trinajstić information content (AvgIpc) is 3.54. The zero-order valence-corrected chi connectivity index (χ0v) is 21.8. The molecule has 1 saturated heterocycles. The van der Waals surface area contributed by atoms with Crippen molar-refractivity contribution >= 4 is 62.8 Å². The topological polar surface area (TPSA) is 25.2 Å². The van der Waals surface area contributed by atoms with E-state index in [0.29, 0.717) is 4.32 Å². The summed E-state index contributed by atoms with van der Waals surface area (Å²) in [5.74, 6) is 0.796. The molecule has 6 heteroatoms. The summed E-state index contributed by atoms with van der Waals surface area (Å²) in [4.78, 5) is 15.8. The lowest BCUT2D eigenvalue weighted by Gasteiger charge is -2.17. The van der Waals surface area contributed by atoms with Crippen LogP contribution < -0.4 is 0 Å². The summed E-state index contributed by atoms with van der Waals surface area (Å²) in [6.45, 7) is 3.68. The van der Waals surface area contributed by atoms with E-state index in [1.165, 1.54) is 59.5 Å². The van der Waals surface area contributed by atoms with Crippen molar-refractivity contribution in [1.29, 1.82) is 0 Å². The molecule has 1 aliphatic carbocycles. The fourth-order valence-corrected chi connectivity index (χ4v) is 6.65. The zero-order valence-electron chi connectivity index (χ0n) is 19.4. The fourth-order valence-electron chi connectivity index (χ4n) is 5.22. The van der Waals surface area contributed by atoms with Crippen LogP contribution >= 0.6 is 35.6 Å². The van der Waals surface area contributed by atoms with E-state index in [9.17, 15) is 4.79 Å². The largest absolute Gasteiger partial charge is 0.342 e. The minimum absolute atomic E-state index is 0.0539. The van der Waals surface area contributed by atoms with Gasteiger partial charge in [0, 0.05) is 35.3 Å². The van der Waals surface area contributed by atoms with Crippen molar-refractivity contribution < 1.29 is 4.79 Å². The van der Waals surface area contributed by atoms with Crippen molar-refractivity contribution in [3.05, 3.63) is 75.3 Å². The minimum Gasteiger partial charge on any atom is -0.342 e. The predicted molar refractivity (Wildman–Crippen MR) is 148 cm³/mol. The third-order valence-corrected chi connectivity index (χ3v) is 8.69. The number of fused-ring (bicyclic) bond motifs is 1. The number of benzene rings is 2. The number of thiocarbonyl (C=S) groups is 1. The first-order valence-corrected chi connectivity index (χ1v) is 13.7. The van der Waals surface area contributed by atoms with E-state index in [0.717, 1.165) is 47.3 Å². The summed E-state index contributed by atoms with van der Waals surface area (Å²) in [5, 5.41) is 1.91. The van der Waals surface area contributed by atoms with Crippen LogP contribution in [0.5, 0.6) is 0 Å². The number of hydrogen-bond acceptors (Lipinski definition) is 3. The molecule has 2 aromatic carbocycles. The average molecular weight is 509 g/mol. The highest BCUT2D eigenvalue weighted by Gasteiger charge is 2.32. The molecular formula is C28H29ClN2OS2. The summed E-state index contributed by atoms with van der Waals surface area (Å²) < 4.78 is 2.98. The van der Waals surface area contributed by atoms with Crippen LogP contribution in [0.2, 0.25) is 5.02 Å². The van der Waals surface area contributed by atoms with E-state index in [-0.39, 0.29) is 5.91 Å². The van der Waals surface area contributed by atoms with Crippen molar-refractivity contribution in [3.8, 4) is 0 Å². The molecule has 0 spiro atoms. The molecule has 0 N–H and O–H groups in total. The lowest BCUT2D eigenvalue weighted by Crippen LogP contribution is -2.30. The Kier molecular flexibility index (Phi) is 7.14. The van der Waals surface area contributed by atoms with Crippen molar-refractivity contribution in [2.75, 3.05) is 6.54 Å². The monoisotopic (exact) mass is 508 g/mol. The van der Waals surface area contributed by atoms with Gasteiger partial charge >= 0.3 is 0 Å². The third-order valence-electron chi connectivity index (χ3n) is 7.06. The Labute approximate surface area is 216 Å². The van der Waals surface area contributed by atoms with Crippen molar-refractivity contribution in [2.24, 2.45) is 5.92 Å². The molecule has 3 aromatic rings. The van der Waals surface area contributed by atoms with Crippen LogP contribution in [0.4, 0.5) is 0 Å². The molecule has 1 saturated carbocycles. The summed E-state index contributed by atoms with van der Waals surface area (Å²) in [6.07, 6.45) is 11.4. The molecule has 34 heavy (non-hydrogen) atoms. The summed E-state index contributed by atoms with van der Waals surface area (Å²) in [6, 6.07) is 14.4. The van der Waals surface area contributed by atoms with E-state index in [4.69, 9.17) is 23.8 Å². The smallest absolute Gasteiger partial charge is 0.266 e. The molecule has 0 bridgehead atoms. The van der Waals surface area contributed by atoms with Crippen molar-refractivity contribution in [3.63, 3.8) is 0 Å². The molecule has 0 atom stereocenters. The normalized spacial score (nSPS) is 18.2. The first-order valence-electron chi connectivity index (χ1n) is 12.1. The minimum atomic E-state index is 0.0539. The van der Waals surface area contributed by atoms with Crippen molar-refractivity contribution in [2.45, 2.75) is 52.0 Å². The summed E-state index contributed by atoms with van der Waals surface area (Å²) >= 11 is 13.1. The molecule has 0 radical (unpaired) electrons. The van der Waals surface area contributed by atoms with E-state index in [1.54, 1.807) is 0 Å². The lowest BCUT2D eigenvalue weighted by molar-refractivity contribution is -0.122. The Bertz CT molecular complexity index is 1260. The number of para-hydroxylation sites is 1. The number of thioether (sulfide) groups is 1. The molecule has 2 aliphatic rings. The number of rotatable bonds is 7. The Morgan fingerprint density at radius 1 is 1.15 bits per heavy atom. The highest BCUT2D eigenvalue weighted by Crippen LogP contribution is 2.36. The second-order valence-corrected chi connectivity index (χ2v) is 11.4. The van der Waals surface area contributed by atoms with Gasteiger partial charge < -0.3 is 4.57 Å². The van der Waals surface area contributed by atoms with Crippen LogP contribution in [-0.2, 0) is 17.8 Å². The predicted octanol–water partition coefficient (Wildman–Crippen LogP) is 7.69. The van der Waals surface area contributed by atoms with Gasteiger partial charge in [-0.05, 0) is 48.1 Å². The molecule has 1 aliphatic heterocycles. The lowest BCUT2D eigenvalue weighted by atomic mass is 10.0. The number of aromatic nitrogens is 1. The molecule has 3 nitrogen and oxygen atoms in total. The number of amides is 1. The standard InChI is InChI=1S/C28H29ClN2OS2/c1-2-21-8-5-9-24-22(18-30(26(21)24)17-20-10-12-23(29)13-11-20)16-25-27(32)31(28(33)34-25)15-14-19-6-3-4-7-19/h5,8-13,16,18-19H,2-4,6-7,14-15,17H2,1H3/b25-16-. The molecule has 2 fully saturated rings. The van der Waals surface area contributed by atoms with Gasteiger partial charge in [0.1, 0.15) is 4.32 Å². The van der Waals surface area contributed by atoms with E-state index in [2.05, 4.69) is 48.0 Å². The van der Waals surface area contributed by atoms with Gasteiger partial charge in [0.2, 0.25) is 0 Å². The molecule has 1 amide bonds. The van der Waals surface area contributed by atoms with Crippen LogP contribution in [0.1, 0.15) is 55.7 Å². The maximum absolute atomic E-state index is 13.2. The Hall–Kier alpha value is -2.08. The second kappa shape index (κ2) is 10.3. The Morgan fingerprint density at radius 2 is 1.91 bits per heavy atom. The summed E-state index contributed by atoms with van der Waals surface area (Å²) in [5.41, 5.74) is 4.78. The first kappa shape index (κ1) is 23.7. The molecule has 176 valence electrons. The quantitative estimate of drug-likeness (QED) is 0.241. The molecular weight excluding hydrogens is 480 g/mol. The molecule has 5 rings (SSSR count).